The fourth-order valence-corrected chi connectivity index (χ4v) is 2.85. The second-order valence-electron chi connectivity index (χ2n) is 4.86. The van der Waals surface area contributed by atoms with Crippen molar-refractivity contribution in [1.82, 2.24) is 0 Å². The number of fused-ring (bicyclic) bond motifs is 1. The van der Waals surface area contributed by atoms with Gasteiger partial charge in [0.1, 0.15) is 0 Å². The third-order valence-corrected chi connectivity index (χ3v) is 4.28. The highest BCUT2D eigenvalue weighted by atomic mass is 127. The minimum atomic E-state index is -0.944. The van der Waals surface area contributed by atoms with Gasteiger partial charge in [0.15, 0.2) is 0 Å². The molecule has 0 radical (unpaired) electrons. The van der Waals surface area contributed by atoms with Gasteiger partial charge >= 0.3 is 5.97 Å². The fourth-order valence-electron chi connectivity index (χ4n) is 2.49. The van der Waals surface area contributed by atoms with Gasteiger partial charge in [0.05, 0.1) is 5.56 Å². The Balaban J connectivity index is 1.92. The van der Waals surface area contributed by atoms with Crippen molar-refractivity contribution in [2.24, 2.45) is 0 Å². The van der Waals surface area contributed by atoms with Crippen molar-refractivity contribution in [3.8, 4) is 0 Å². The number of benzene rings is 2. The molecule has 2 aromatic rings. The number of aromatic carboxylic acids is 1. The molecule has 3 rings (SSSR count). The van der Waals surface area contributed by atoms with Gasteiger partial charge in [-0.15, -0.1) is 0 Å². The largest absolute Gasteiger partial charge is 0.478 e. The molecule has 5 heteroatoms. The van der Waals surface area contributed by atoms with Crippen molar-refractivity contribution in [2.45, 2.75) is 6.42 Å². The van der Waals surface area contributed by atoms with Crippen LogP contribution >= 0.6 is 22.6 Å². The van der Waals surface area contributed by atoms with Crippen molar-refractivity contribution in [3.63, 3.8) is 0 Å². The highest BCUT2D eigenvalue weighted by Gasteiger charge is 2.26. The summed E-state index contributed by atoms with van der Waals surface area (Å²) in [6, 6.07) is 12.3. The minimum Gasteiger partial charge on any atom is -0.478 e. The molecule has 4 nitrogen and oxygen atoms in total. The van der Waals surface area contributed by atoms with E-state index in [1.807, 2.05) is 24.3 Å². The maximum absolute atomic E-state index is 12.5. The number of carboxylic acids is 1. The van der Waals surface area contributed by atoms with E-state index in [0.29, 0.717) is 18.5 Å². The van der Waals surface area contributed by atoms with Gasteiger partial charge in [-0.1, -0.05) is 0 Å². The summed E-state index contributed by atoms with van der Waals surface area (Å²) in [6.07, 6.45) is 0.687. The molecule has 0 saturated heterocycles. The van der Waals surface area contributed by atoms with Crippen LogP contribution in [0.5, 0.6) is 0 Å². The van der Waals surface area contributed by atoms with Crippen LogP contribution in [0.4, 0.5) is 5.69 Å². The van der Waals surface area contributed by atoms with E-state index < -0.39 is 5.97 Å². The minimum absolute atomic E-state index is 0.0479. The first kappa shape index (κ1) is 14.1. The lowest BCUT2D eigenvalue weighted by molar-refractivity contribution is 0.0696. The van der Waals surface area contributed by atoms with Crippen molar-refractivity contribution in [2.75, 3.05) is 11.4 Å². The number of rotatable bonds is 2. The molecule has 1 aliphatic rings. The summed E-state index contributed by atoms with van der Waals surface area (Å²) >= 11 is 2.20. The van der Waals surface area contributed by atoms with Crippen molar-refractivity contribution in [3.05, 3.63) is 62.7 Å². The summed E-state index contributed by atoms with van der Waals surface area (Å²) in [5, 5.41) is 9.01. The Bertz CT molecular complexity index is 725. The van der Waals surface area contributed by atoms with Crippen LogP contribution < -0.4 is 4.90 Å². The maximum atomic E-state index is 12.5. The van der Waals surface area contributed by atoms with Crippen LogP contribution in [0.2, 0.25) is 0 Å². The average Bonchev–Trinajstić information content (AvgIpc) is 2.90. The van der Waals surface area contributed by atoms with E-state index in [0.717, 1.165) is 14.8 Å². The number of amides is 1. The summed E-state index contributed by atoms with van der Waals surface area (Å²) in [7, 11) is 0. The Morgan fingerprint density at radius 2 is 1.71 bits per heavy atom. The molecular formula is C16H12INO3. The van der Waals surface area contributed by atoms with Gasteiger partial charge in [0, 0.05) is 21.4 Å². The van der Waals surface area contributed by atoms with Gasteiger partial charge in [-0.3, -0.25) is 4.79 Å². The molecule has 0 aromatic heterocycles. The zero-order valence-electron chi connectivity index (χ0n) is 11.0. The third kappa shape index (κ3) is 2.65. The quantitative estimate of drug-likeness (QED) is 0.798. The van der Waals surface area contributed by atoms with Gasteiger partial charge in [0.25, 0.3) is 5.91 Å². The Kier molecular flexibility index (Phi) is 3.67. The van der Waals surface area contributed by atoms with Gasteiger partial charge in [-0.05, 0) is 77.0 Å². The first-order valence-corrected chi connectivity index (χ1v) is 7.58. The predicted octanol–water partition coefficient (Wildman–Crippen LogP) is 3.19. The van der Waals surface area contributed by atoms with Crippen molar-refractivity contribution in [1.29, 1.82) is 0 Å². The lowest BCUT2D eigenvalue weighted by Crippen LogP contribution is -2.28. The molecule has 2 aromatic carbocycles. The molecule has 0 bridgehead atoms. The van der Waals surface area contributed by atoms with Gasteiger partial charge in [0.2, 0.25) is 0 Å². The maximum Gasteiger partial charge on any atom is 0.335 e. The number of carboxylic acid groups (broad SMARTS) is 1. The van der Waals surface area contributed by atoms with Crippen molar-refractivity contribution < 1.29 is 14.7 Å². The topological polar surface area (TPSA) is 57.6 Å². The number of hydrogen-bond donors (Lipinski definition) is 1. The highest BCUT2D eigenvalue weighted by molar-refractivity contribution is 14.1. The van der Waals surface area contributed by atoms with Crippen LogP contribution in [-0.4, -0.2) is 23.5 Å². The number of carbonyl (C=O) groups excluding carboxylic acids is 1. The molecular weight excluding hydrogens is 381 g/mol. The van der Waals surface area contributed by atoms with Gasteiger partial charge in [-0.25, -0.2) is 4.79 Å². The normalized spacial score (nSPS) is 13.1. The standard InChI is InChI=1S/C16H12INO3/c17-13-4-1-10(2-5-13)15(19)18-8-7-11-9-12(16(20)21)3-6-14(11)18/h1-6,9H,7-8H2,(H,20,21). The zero-order valence-corrected chi connectivity index (χ0v) is 13.2. The Hall–Kier alpha value is -1.89. The summed E-state index contributed by atoms with van der Waals surface area (Å²) in [6.45, 7) is 0.587. The average molecular weight is 393 g/mol. The smallest absolute Gasteiger partial charge is 0.335 e. The Morgan fingerprint density at radius 3 is 2.38 bits per heavy atom. The monoisotopic (exact) mass is 393 g/mol. The number of anilines is 1. The Labute approximate surface area is 135 Å². The molecule has 0 aliphatic carbocycles. The van der Waals surface area contributed by atoms with E-state index in [1.54, 1.807) is 23.1 Å². The molecule has 1 aliphatic heterocycles. The first-order chi connectivity index (χ1) is 10.1. The number of nitrogens with zero attached hydrogens (tertiary/aromatic N) is 1. The van der Waals surface area contributed by atoms with Crippen LogP contribution in [0.3, 0.4) is 0 Å². The lowest BCUT2D eigenvalue weighted by atomic mass is 10.1. The molecule has 1 N–H and O–H groups in total. The molecule has 1 heterocycles. The zero-order chi connectivity index (χ0) is 15.0. The molecule has 0 spiro atoms. The van der Waals surface area contributed by atoms with E-state index in [2.05, 4.69) is 22.6 Å². The van der Waals surface area contributed by atoms with E-state index in [9.17, 15) is 9.59 Å². The first-order valence-electron chi connectivity index (χ1n) is 6.50. The molecule has 0 saturated carbocycles. The second-order valence-corrected chi connectivity index (χ2v) is 6.11. The number of hydrogen-bond acceptors (Lipinski definition) is 2. The van der Waals surface area contributed by atoms with E-state index in [-0.39, 0.29) is 11.5 Å². The predicted molar refractivity (Wildman–Crippen MR) is 87.9 cm³/mol. The lowest BCUT2D eigenvalue weighted by Gasteiger charge is -2.17. The SMILES string of the molecule is O=C(O)c1ccc2c(c1)CCN2C(=O)c1ccc(I)cc1. The highest BCUT2D eigenvalue weighted by Crippen LogP contribution is 2.30. The fraction of sp³-hybridized carbons (Fsp3) is 0.125. The summed E-state index contributed by atoms with van der Waals surface area (Å²) in [5.41, 5.74) is 2.63. The van der Waals surface area contributed by atoms with E-state index >= 15 is 0 Å². The van der Waals surface area contributed by atoms with Crippen LogP contribution in [0.25, 0.3) is 0 Å². The van der Waals surface area contributed by atoms with E-state index in [1.165, 1.54) is 0 Å². The summed E-state index contributed by atoms with van der Waals surface area (Å²) in [5.74, 6) is -0.992. The molecule has 0 unspecified atom stereocenters. The third-order valence-electron chi connectivity index (χ3n) is 3.56. The number of carbonyl (C=O) groups is 2. The second kappa shape index (κ2) is 5.48. The summed E-state index contributed by atoms with van der Waals surface area (Å²) in [4.78, 5) is 25.2. The Morgan fingerprint density at radius 1 is 1.05 bits per heavy atom. The van der Waals surface area contributed by atoms with E-state index in [4.69, 9.17) is 5.11 Å². The molecule has 0 atom stereocenters. The number of halogens is 1. The summed E-state index contributed by atoms with van der Waals surface area (Å²) < 4.78 is 1.08. The van der Waals surface area contributed by atoms with Gasteiger partial charge < -0.3 is 10.0 Å². The van der Waals surface area contributed by atoms with Crippen LogP contribution in [0.15, 0.2) is 42.5 Å². The van der Waals surface area contributed by atoms with Gasteiger partial charge in [-0.2, -0.15) is 0 Å². The molecule has 21 heavy (non-hydrogen) atoms. The van der Waals surface area contributed by atoms with Crippen LogP contribution in [-0.2, 0) is 6.42 Å². The molecule has 106 valence electrons. The van der Waals surface area contributed by atoms with Crippen molar-refractivity contribution >= 4 is 40.2 Å². The van der Waals surface area contributed by atoms with Crippen LogP contribution in [0, 0.1) is 3.57 Å². The molecule has 0 fully saturated rings. The van der Waals surface area contributed by atoms with Crippen LogP contribution in [0.1, 0.15) is 26.3 Å². The molecule has 1 amide bonds.